The van der Waals surface area contributed by atoms with E-state index in [1.165, 1.54) is 7.11 Å². The maximum Gasteiger partial charge on any atom is 0.416 e. The standard InChI is InChI=1S/C29H27BrF6N2O2/c1-3-16-14-38-7-6-17(16)11-24(38)26(39)25-21-13-20(40-2)4-5-23(21)37-27(30)22(25)10-15-8-18(28(31,32)33)12-19(9-15)29(34,35)36/h3-5,8-9,12-13,16-17,24,26,39H,1,6-7,10-11,14H2,2H3/t16-,17?,24-,26-/m0/s1. The highest BCUT2D eigenvalue weighted by Gasteiger charge is 2.43. The zero-order valence-corrected chi connectivity index (χ0v) is 23.1. The maximum absolute atomic E-state index is 13.6. The number of aromatic nitrogens is 1. The van der Waals surface area contributed by atoms with Gasteiger partial charge in [-0.05, 0) is 100 Å². The van der Waals surface area contributed by atoms with Crippen LogP contribution in [0.1, 0.15) is 46.8 Å². The number of pyridine rings is 1. The van der Waals surface area contributed by atoms with Gasteiger partial charge in [-0.2, -0.15) is 26.3 Å². The zero-order valence-electron chi connectivity index (χ0n) is 21.5. The van der Waals surface area contributed by atoms with Crippen LogP contribution in [0, 0.1) is 11.8 Å². The third-order valence-corrected chi connectivity index (χ3v) is 8.79. The Morgan fingerprint density at radius 3 is 2.35 bits per heavy atom. The number of piperidine rings is 3. The summed E-state index contributed by atoms with van der Waals surface area (Å²) in [6.07, 6.45) is -7.76. The molecule has 3 saturated heterocycles. The minimum atomic E-state index is -4.97. The third-order valence-electron chi connectivity index (χ3n) is 8.13. The summed E-state index contributed by atoms with van der Waals surface area (Å²) in [6, 6.07) is 6.34. The van der Waals surface area contributed by atoms with Crippen molar-refractivity contribution in [2.45, 2.75) is 43.8 Å². The molecule has 3 aromatic rings. The fourth-order valence-corrected chi connectivity index (χ4v) is 6.68. The van der Waals surface area contributed by atoms with E-state index in [2.05, 4.69) is 32.4 Å². The highest BCUT2D eigenvalue weighted by Crippen LogP contribution is 2.45. The van der Waals surface area contributed by atoms with Gasteiger partial charge in [-0.15, -0.1) is 6.58 Å². The lowest BCUT2D eigenvalue weighted by molar-refractivity contribution is -0.143. The van der Waals surface area contributed by atoms with Gasteiger partial charge in [-0.3, -0.25) is 4.90 Å². The number of aliphatic hydroxyl groups is 1. The molecule has 5 atom stereocenters. The van der Waals surface area contributed by atoms with Gasteiger partial charge in [0, 0.05) is 24.4 Å². The Morgan fingerprint density at radius 1 is 1.12 bits per heavy atom. The minimum Gasteiger partial charge on any atom is -0.497 e. The van der Waals surface area contributed by atoms with Crippen LogP contribution in [0.3, 0.4) is 0 Å². The van der Waals surface area contributed by atoms with Crippen LogP contribution in [0.15, 0.2) is 53.7 Å². The summed E-state index contributed by atoms with van der Waals surface area (Å²) in [5.41, 5.74) is -1.74. The molecule has 1 aromatic heterocycles. The van der Waals surface area contributed by atoms with Crippen molar-refractivity contribution < 1.29 is 36.2 Å². The van der Waals surface area contributed by atoms with Gasteiger partial charge in [0.15, 0.2) is 0 Å². The van der Waals surface area contributed by atoms with E-state index < -0.39 is 29.6 Å². The van der Waals surface area contributed by atoms with Gasteiger partial charge >= 0.3 is 12.4 Å². The van der Waals surface area contributed by atoms with Crippen molar-refractivity contribution in [1.29, 1.82) is 0 Å². The quantitative estimate of drug-likeness (QED) is 0.174. The molecular weight excluding hydrogens is 602 g/mol. The molecular formula is C29H27BrF6N2O2. The molecule has 4 nitrogen and oxygen atoms in total. The molecule has 3 aliphatic rings. The molecule has 0 spiro atoms. The second kappa shape index (κ2) is 10.6. The highest BCUT2D eigenvalue weighted by atomic mass is 79.9. The van der Waals surface area contributed by atoms with Crippen molar-refractivity contribution in [3.63, 3.8) is 0 Å². The number of ether oxygens (including phenoxy) is 1. The average Bonchev–Trinajstić information content (AvgIpc) is 2.91. The smallest absolute Gasteiger partial charge is 0.416 e. The fraction of sp³-hybridized carbons (Fsp3) is 0.414. The van der Waals surface area contributed by atoms with E-state index in [9.17, 15) is 31.4 Å². The molecule has 0 radical (unpaired) electrons. The summed E-state index contributed by atoms with van der Waals surface area (Å²) in [7, 11) is 1.48. The number of methoxy groups -OCH3 is 1. The average molecular weight is 629 g/mol. The Labute approximate surface area is 235 Å². The predicted octanol–water partition coefficient (Wildman–Crippen LogP) is 7.56. The Kier molecular flexibility index (Phi) is 7.69. The first-order chi connectivity index (χ1) is 18.8. The zero-order chi connectivity index (χ0) is 29.0. The van der Waals surface area contributed by atoms with Crippen LogP contribution in [-0.2, 0) is 18.8 Å². The molecule has 214 valence electrons. The summed E-state index contributed by atoms with van der Waals surface area (Å²) < 4.78 is 87.2. The Balaban J connectivity index is 1.67. The van der Waals surface area contributed by atoms with E-state index in [-0.39, 0.29) is 28.7 Å². The third kappa shape index (κ3) is 5.47. The lowest BCUT2D eigenvalue weighted by atomic mass is 9.73. The molecule has 0 amide bonds. The van der Waals surface area contributed by atoms with Crippen molar-refractivity contribution in [2.24, 2.45) is 11.8 Å². The van der Waals surface area contributed by atoms with E-state index in [0.29, 0.717) is 58.2 Å². The molecule has 1 N–H and O–H groups in total. The number of nitrogens with zero attached hydrogens (tertiary/aromatic N) is 2. The van der Waals surface area contributed by atoms with Gasteiger partial charge in [0.05, 0.1) is 29.9 Å². The van der Waals surface area contributed by atoms with Crippen molar-refractivity contribution in [1.82, 2.24) is 9.88 Å². The predicted molar refractivity (Wildman–Crippen MR) is 142 cm³/mol. The molecule has 3 aliphatic heterocycles. The summed E-state index contributed by atoms with van der Waals surface area (Å²) >= 11 is 3.41. The normalized spacial score (nSPS) is 23.8. The van der Waals surface area contributed by atoms with Crippen LogP contribution >= 0.6 is 15.9 Å². The number of rotatable bonds is 6. The van der Waals surface area contributed by atoms with Gasteiger partial charge in [-0.25, -0.2) is 4.98 Å². The van der Waals surface area contributed by atoms with Gasteiger partial charge < -0.3 is 9.84 Å². The molecule has 4 heterocycles. The molecule has 40 heavy (non-hydrogen) atoms. The number of aliphatic hydroxyl groups excluding tert-OH is 1. The van der Waals surface area contributed by atoms with Crippen LogP contribution in [-0.4, -0.2) is 41.2 Å². The Bertz CT molecular complexity index is 1410. The molecule has 0 saturated carbocycles. The molecule has 2 aromatic carbocycles. The number of hydrogen-bond acceptors (Lipinski definition) is 4. The second-order valence-electron chi connectivity index (χ2n) is 10.5. The second-order valence-corrected chi connectivity index (χ2v) is 11.2. The molecule has 0 aliphatic carbocycles. The number of benzene rings is 2. The first kappa shape index (κ1) is 28.9. The van der Waals surface area contributed by atoms with Crippen molar-refractivity contribution in [2.75, 3.05) is 20.2 Å². The molecule has 3 fully saturated rings. The largest absolute Gasteiger partial charge is 0.497 e. The summed E-state index contributed by atoms with van der Waals surface area (Å²) in [5.74, 6) is 1.10. The lowest BCUT2D eigenvalue weighted by Gasteiger charge is -2.50. The first-order valence-electron chi connectivity index (χ1n) is 12.8. The van der Waals surface area contributed by atoms with Crippen molar-refractivity contribution in [3.8, 4) is 5.75 Å². The molecule has 6 rings (SSSR count). The maximum atomic E-state index is 13.6. The molecule has 2 bridgehead atoms. The van der Waals surface area contributed by atoms with Crippen molar-refractivity contribution in [3.05, 3.63) is 81.5 Å². The van der Waals surface area contributed by atoms with Gasteiger partial charge in [0.2, 0.25) is 0 Å². The number of halogens is 7. The van der Waals surface area contributed by atoms with Crippen LogP contribution < -0.4 is 4.74 Å². The first-order valence-corrected chi connectivity index (χ1v) is 13.6. The summed E-state index contributed by atoms with van der Waals surface area (Å²) in [5, 5.41) is 12.4. The van der Waals surface area contributed by atoms with E-state index in [0.717, 1.165) is 19.5 Å². The SMILES string of the molecule is C=C[C@H]1CN2CCC1C[C@H]2[C@H](O)c1c(Cc2cc(C(F)(F)F)cc(C(F)(F)F)c2)c(Br)nc2ccc(OC)cc12. The molecule has 2 unspecified atom stereocenters. The molecule has 11 heteroatoms. The number of fused-ring (bicyclic) bond motifs is 4. The topological polar surface area (TPSA) is 45.6 Å². The van der Waals surface area contributed by atoms with Gasteiger partial charge in [0.1, 0.15) is 10.4 Å². The van der Waals surface area contributed by atoms with Crippen LogP contribution in [0.4, 0.5) is 26.3 Å². The number of hydrogen-bond donors (Lipinski definition) is 1. The van der Waals surface area contributed by atoms with E-state index in [4.69, 9.17) is 4.74 Å². The Morgan fingerprint density at radius 2 is 1.80 bits per heavy atom. The summed E-state index contributed by atoms with van der Waals surface area (Å²) in [4.78, 5) is 6.72. The van der Waals surface area contributed by atoms with E-state index in [1.54, 1.807) is 18.2 Å². The van der Waals surface area contributed by atoms with Gasteiger partial charge in [0.25, 0.3) is 0 Å². The van der Waals surface area contributed by atoms with Crippen molar-refractivity contribution >= 4 is 26.8 Å². The number of alkyl halides is 6. The minimum absolute atomic E-state index is 0.111. The van der Waals surface area contributed by atoms with Crippen LogP contribution in [0.25, 0.3) is 10.9 Å². The van der Waals surface area contributed by atoms with E-state index >= 15 is 0 Å². The fourth-order valence-electron chi connectivity index (χ4n) is 6.13. The van der Waals surface area contributed by atoms with Crippen LogP contribution in [0.2, 0.25) is 0 Å². The van der Waals surface area contributed by atoms with Crippen LogP contribution in [0.5, 0.6) is 5.75 Å². The highest BCUT2D eigenvalue weighted by molar-refractivity contribution is 9.10. The van der Waals surface area contributed by atoms with E-state index in [1.807, 2.05) is 6.08 Å². The van der Waals surface area contributed by atoms with Gasteiger partial charge in [-0.1, -0.05) is 6.08 Å². The Hall–Kier alpha value is -2.63. The lowest BCUT2D eigenvalue weighted by Crippen LogP contribution is -2.55. The monoisotopic (exact) mass is 628 g/mol. The summed E-state index contributed by atoms with van der Waals surface area (Å²) in [6.45, 7) is 5.44.